The van der Waals surface area contributed by atoms with Crippen LogP contribution in [-0.4, -0.2) is 49.2 Å². The molecular weight excluding hydrogens is 216 g/mol. The van der Waals surface area contributed by atoms with Gasteiger partial charge in [-0.15, -0.1) is 0 Å². The second-order valence-corrected chi connectivity index (χ2v) is 4.01. The molecule has 1 atom stereocenters. The number of urea groups is 1. The first-order chi connectivity index (χ1) is 7.15. The molecule has 0 radical (unpaired) electrons. The number of carboxylic acid groups (broad SMARTS) is 1. The summed E-state index contributed by atoms with van der Waals surface area (Å²) in [6, 6.07) is -0.643. The highest BCUT2D eigenvalue weighted by Gasteiger charge is 2.29. The highest BCUT2D eigenvalue weighted by atomic mass is 16.5. The van der Waals surface area contributed by atoms with E-state index in [0.717, 1.165) is 6.92 Å². The highest BCUT2D eigenvalue weighted by molar-refractivity contribution is 5.69. The number of nitrogens with zero attached hydrogens (tertiary/aromatic N) is 1. The van der Waals surface area contributed by atoms with Crippen molar-refractivity contribution in [3.8, 4) is 0 Å². The Kier molecular flexibility index (Phi) is 4.90. The molecule has 0 rings (SSSR count). The van der Waals surface area contributed by atoms with E-state index in [4.69, 9.17) is 10.5 Å². The second kappa shape index (κ2) is 5.45. The van der Waals surface area contributed by atoms with Gasteiger partial charge in [-0.3, -0.25) is 4.79 Å². The molecule has 0 saturated carbocycles. The molecule has 16 heavy (non-hydrogen) atoms. The van der Waals surface area contributed by atoms with Gasteiger partial charge in [-0.05, 0) is 0 Å². The Morgan fingerprint density at radius 3 is 2.19 bits per heavy atom. The summed E-state index contributed by atoms with van der Waals surface area (Å²) in [5.74, 6) is -1.97. The lowest BCUT2D eigenvalue weighted by atomic mass is 10.2. The van der Waals surface area contributed by atoms with Crippen LogP contribution in [0.4, 0.5) is 4.79 Å². The molecule has 1 unspecified atom stereocenters. The van der Waals surface area contributed by atoms with Crippen molar-refractivity contribution in [1.29, 1.82) is 0 Å². The molecule has 0 spiro atoms. The Hall–Kier alpha value is -1.63. The predicted molar refractivity (Wildman–Crippen MR) is 51.7 cm³/mol. The number of primary amides is 1. The number of amides is 2. The van der Waals surface area contributed by atoms with Crippen LogP contribution in [-0.2, 0) is 14.3 Å². The van der Waals surface area contributed by atoms with Crippen molar-refractivity contribution >= 4 is 18.0 Å². The van der Waals surface area contributed by atoms with E-state index >= 15 is 0 Å². The summed E-state index contributed by atoms with van der Waals surface area (Å²) in [7, 11) is 2.99. The Balaban J connectivity index is 4.59. The molecule has 2 amide bonds. The van der Waals surface area contributed by atoms with Gasteiger partial charge in [0.05, 0.1) is 14.1 Å². The van der Waals surface area contributed by atoms with Crippen molar-refractivity contribution in [2.45, 2.75) is 19.4 Å². The number of aliphatic carboxylic acids is 1. The van der Waals surface area contributed by atoms with Crippen LogP contribution in [0.1, 0.15) is 13.3 Å². The minimum atomic E-state index is -1.35. The molecule has 7 heteroatoms. The quantitative estimate of drug-likeness (QED) is 0.445. The van der Waals surface area contributed by atoms with Crippen LogP contribution >= 0.6 is 0 Å². The lowest BCUT2D eigenvalue weighted by Gasteiger charge is -2.28. The molecule has 0 saturated heterocycles. The van der Waals surface area contributed by atoms with Gasteiger partial charge in [-0.1, -0.05) is 0 Å². The lowest BCUT2D eigenvalue weighted by molar-refractivity contribution is -0.811. The third kappa shape index (κ3) is 5.30. The summed E-state index contributed by atoms with van der Waals surface area (Å²) in [6.45, 7) is 1.15. The van der Waals surface area contributed by atoms with Crippen LogP contribution in [0.25, 0.3) is 0 Å². The van der Waals surface area contributed by atoms with E-state index in [1.54, 1.807) is 0 Å². The van der Waals surface area contributed by atoms with E-state index in [9.17, 15) is 19.5 Å². The summed E-state index contributed by atoms with van der Waals surface area (Å²) in [4.78, 5) is 32.2. The average Bonchev–Trinajstić information content (AvgIpc) is 1.99. The standard InChI is InChI=1S/C9H16N2O5/c1-6(12)16-7(4-8(13)14)5-11(2,3)9(10)15/h7H,4-5H2,1-3H3,(H2-,10,13,14,15). The molecule has 0 aromatic carbocycles. The van der Waals surface area contributed by atoms with E-state index in [1.807, 2.05) is 0 Å². The fourth-order valence-electron chi connectivity index (χ4n) is 1.16. The normalized spacial score (nSPS) is 12.9. The van der Waals surface area contributed by atoms with Gasteiger partial charge in [0, 0.05) is 19.3 Å². The van der Waals surface area contributed by atoms with Crippen molar-refractivity contribution in [3.05, 3.63) is 0 Å². The zero-order chi connectivity index (χ0) is 12.9. The molecule has 0 aliphatic carbocycles. The Bertz CT molecular complexity index is 284. The van der Waals surface area contributed by atoms with Crippen LogP contribution in [0.2, 0.25) is 0 Å². The van der Waals surface area contributed by atoms with Crippen LogP contribution in [0.3, 0.4) is 0 Å². The zero-order valence-electron chi connectivity index (χ0n) is 9.56. The highest BCUT2D eigenvalue weighted by Crippen LogP contribution is 2.06. The molecule has 2 N–H and O–H groups in total. The predicted octanol–water partition coefficient (Wildman–Crippen LogP) is -1.79. The van der Waals surface area contributed by atoms with Crippen LogP contribution in [0.5, 0.6) is 0 Å². The number of carbonyl (C=O) groups excluding carboxylic acids is 3. The molecule has 0 aromatic rings. The molecular formula is C9H16N2O5. The first-order valence-corrected chi connectivity index (χ1v) is 4.65. The van der Waals surface area contributed by atoms with E-state index in [1.165, 1.54) is 14.1 Å². The molecule has 0 bridgehead atoms. The second-order valence-electron chi connectivity index (χ2n) is 4.01. The molecule has 0 fully saturated rings. The fourth-order valence-corrected chi connectivity index (χ4v) is 1.16. The molecule has 0 heterocycles. The number of carbonyl (C=O) groups is 3. The summed E-state index contributed by atoms with van der Waals surface area (Å²) in [5, 5.41) is 10.4. The van der Waals surface area contributed by atoms with E-state index < -0.39 is 30.5 Å². The number of nitrogens with two attached hydrogens (primary N) is 1. The van der Waals surface area contributed by atoms with Crippen LogP contribution in [0, 0.1) is 0 Å². The number of ether oxygens (including phenoxy) is 1. The minimum Gasteiger partial charge on any atom is -0.550 e. The van der Waals surface area contributed by atoms with Gasteiger partial charge in [0.1, 0.15) is 6.54 Å². The average molecular weight is 232 g/mol. The Labute approximate surface area is 93.4 Å². The van der Waals surface area contributed by atoms with Crippen molar-refractivity contribution < 1.29 is 28.7 Å². The maximum absolute atomic E-state index is 11.0. The van der Waals surface area contributed by atoms with Gasteiger partial charge in [-0.25, -0.2) is 9.28 Å². The van der Waals surface area contributed by atoms with Gasteiger partial charge < -0.3 is 20.4 Å². The van der Waals surface area contributed by atoms with Crippen molar-refractivity contribution in [2.75, 3.05) is 20.6 Å². The number of carboxylic acids is 1. The van der Waals surface area contributed by atoms with Gasteiger partial charge in [-0.2, -0.15) is 0 Å². The minimum absolute atomic E-state index is 0.0110. The number of quaternary nitrogens is 1. The first-order valence-electron chi connectivity index (χ1n) is 4.65. The maximum Gasteiger partial charge on any atom is 0.413 e. The molecule has 0 aliphatic heterocycles. The van der Waals surface area contributed by atoms with E-state index in [-0.39, 0.29) is 11.0 Å². The largest absolute Gasteiger partial charge is 0.550 e. The number of rotatable bonds is 5. The summed E-state index contributed by atoms with van der Waals surface area (Å²) >= 11 is 0. The SMILES string of the molecule is CC(=O)OC(CC(=O)[O-])C[N+](C)(C)C(N)=O. The van der Waals surface area contributed by atoms with E-state index in [0.29, 0.717) is 0 Å². The molecule has 92 valence electrons. The Morgan fingerprint density at radius 1 is 1.38 bits per heavy atom. The smallest absolute Gasteiger partial charge is 0.413 e. The van der Waals surface area contributed by atoms with Gasteiger partial charge in [0.25, 0.3) is 0 Å². The van der Waals surface area contributed by atoms with Gasteiger partial charge in [0.2, 0.25) is 0 Å². The van der Waals surface area contributed by atoms with Crippen molar-refractivity contribution in [1.82, 2.24) is 0 Å². The maximum atomic E-state index is 11.0. The summed E-state index contributed by atoms with van der Waals surface area (Å²) in [6.07, 6.45) is -1.39. The van der Waals surface area contributed by atoms with Crippen LogP contribution < -0.4 is 10.8 Å². The number of likely N-dealkylation sites (N-methyl/N-ethyl adjacent to an activating group) is 1. The monoisotopic (exact) mass is 232 g/mol. The topological polar surface area (TPSA) is 110 Å². The van der Waals surface area contributed by atoms with E-state index in [2.05, 4.69) is 0 Å². The third-order valence-electron chi connectivity index (χ3n) is 1.98. The number of hydrogen-bond acceptors (Lipinski definition) is 5. The lowest BCUT2D eigenvalue weighted by Crippen LogP contribution is -2.54. The summed E-state index contributed by atoms with van der Waals surface area (Å²) < 4.78 is 4.49. The van der Waals surface area contributed by atoms with Crippen molar-refractivity contribution in [3.63, 3.8) is 0 Å². The Morgan fingerprint density at radius 2 is 1.88 bits per heavy atom. The van der Waals surface area contributed by atoms with Crippen LogP contribution in [0.15, 0.2) is 0 Å². The molecule has 7 nitrogen and oxygen atoms in total. The number of esters is 1. The molecule has 0 aliphatic rings. The molecule has 0 aromatic heterocycles. The van der Waals surface area contributed by atoms with Crippen molar-refractivity contribution in [2.24, 2.45) is 5.73 Å². The summed E-state index contributed by atoms with van der Waals surface area (Å²) in [5.41, 5.74) is 5.11. The number of hydrogen-bond donors (Lipinski definition) is 1. The zero-order valence-corrected chi connectivity index (χ0v) is 9.56. The van der Waals surface area contributed by atoms with Gasteiger partial charge in [0.15, 0.2) is 6.10 Å². The third-order valence-corrected chi connectivity index (χ3v) is 1.98. The first kappa shape index (κ1) is 14.4. The fraction of sp³-hybridized carbons (Fsp3) is 0.667. The van der Waals surface area contributed by atoms with Gasteiger partial charge >= 0.3 is 12.0 Å².